The Morgan fingerprint density at radius 3 is 2.47 bits per heavy atom. The van der Waals surface area contributed by atoms with Crippen LogP contribution in [0.25, 0.3) is 0 Å². The fourth-order valence-corrected chi connectivity index (χ4v) is 2.27. The van der Waals surface area contributed by atoms with Crippen molar-refractivity contribution in [3.05, 3.63) is 21.9 Å². The van der Waals surface area contributed by atoms with E-state index in [9.17, 15) is 18.0 Å². The smallest absolute Gasteiger partial charge is 0.294 e. The van der Waals surface area contributed by atoms with E-state index in [4.69, 9.17) is 0 Å². The molecule has 0 radical (unpaired) electrons. The van der Waals surface area contributed by atoms with Gasteiger partial charge in [0.05, 0.1) is 5.56 Å². The molecule has 0 saturated heterocycles. The number of hydrogen-bond acceptors (Lipinski definition) is 2. The summed E-state index contributed by atoms with van der Waals surface area (Å²) in [4.78, 5) is 11.8. The summed E-state index contributed by atoms with van der Waals surface area (Å²) in [5, 5.41) is 2.30. The van der Waals surface area contributed by atoms with Gasteiger partial charge in [-0.15, -0.1) is 0 Å². The maximum atomic E-state index is 12.5. The number of carbonyl (C=O) groups is 1. The van der Waals surface area contributed by atoms with Crippen molar-refractivity contribution in [2.75, 3.05) is 0 Å². The van der Waals surface area contributed by atoms with Crippen LogP contribution in [0.3, 0.4) is 0 Å². The molecule has 0 spiro atoms. The SMILES string of the molecule is CC1(C(=O)c2cscc2C(F)(F)F)CC1. The molecule has 0 aromatic carbocycles. The van der Waals surface area contributed by atoms with E-state index in [-0.39, 0.29) is 11.3 Å². The Kier molecular flexibility index (Phi) is 2.19. The van der Waals surface area contributed by atoms with E-state index >= 15 is 0 Å². The van der Waals surface area contributed by atoms with E-state index in [2.05, 4.69) is 0 Å². The second-order valence-corrected chi connectivity index (χ2v) is 4.83. The van der Waals surface area contributed by atoms with E-state index < -0.39 is 17.2 Å². The van der Waals surface area contributed by atoms with Crippen molar-refractivity contribution < 1.29 is 18.0 Å². The first-order valence-corrected chi connectivity index (χ1v) is 5.47. The minimum Gasteiger partial charge on any atom is -0.294 e. The molecule has 2 rings (SSSR count). The van der Waals surface area contributed by atoms with Gasteiger partial charge in [-0.25, -0.2) is 0 Å². The molecule has 1 saturated carbocycles. The van der Waals surface area contributed by atoms with Crippen LogP contribution in [0.2, 0.25) is 0 Å². The lowest BCUT2D eigenvalue weighted by molar-refractivity contribution is -0.137. The Morgan fingerprint density at radius 1 is 1.40 bits per heavy atom. The van der Waals surface area contributed by atoms with Crippen LogP contribution in [-0.4, -0.2) is 5.78 Å². The third-order valence-corrected chi connectivity index (χ3v) is 3.50. The minimum absolute atomic E-state index is 0.160. The van der Waals surface area contributed by atoms with Crippen molar-refractivity contribution in [2.24, 2.45) is 5.41 Å². The molecule has 1 fully saturated rings. The summed E-state index contributed by atoms with van der Waals surface area (Å²) in [6.45, 7) is 1.72. The van der Waals surface area contributed by atoms with E-state index in [0.29, 0.717) is 12.8 Å². The molecular weight excluding hydrogens is 225 g/mol. The molecule has 82 valence electrons. The highest BCUT2D eigenvalue weighted by Gasteiger charge is 2.48. The van der Waals surface area contributed by atoms with Gasteiger partial charge in [0.25, 0.3) is 0 Å². The van der Waals surface area contributed by atoms with Crippen LogP contribution in [0.15, 0.2) is 10.8 Å². The van der Waals surface area contributed by atoms with Gasteiger partial charge in [-0.2, -0.15) is 24.5 Å². The number of thiophene rings is 1. The Labute approximate surface area is 88.9 Å². The topological polar surface area (TPSA) is 17.1 Å². The Hall–Kier alpha value is -0.840. The summed E-state index contributed by atoms with van der Waals surface area (Å²) < 4.78 is 37.5. The van der Waals surface area contributed by atoms with Crippen molar-refractivity contribution >= 4 is 17.1 Å². The Bertz CT molecular complexity index is 401. The van der Waals surface area contributed by atoms with Gasteiger partial charge in [-0.05, 0) is 12.8 Å². The van der Waals surface area contributed by atoms with Gasteiger partial charge in [-0.1, -0.05) is 6.92 Å². The standard InChI is InChI=1S/C10H9F3OS/c1-9(2-3-9)8(14)6-4-15-5-7(6)10(11,12)13/h4-5H,2-3H2,1H3. The van der Waals surface area contributed by atoms with Crippen LogP contribution < -0.4 is 0 Å². The molecule has 0 atom stereocenters. The molecule has 1 aromatic heterocycles. The van der Waals surface area contributed by atoms with Gasteiger partial charge in [0, 0.05) is 21.7 Å². The summed E-state index contributed by atoms with van der Waals surface area (Å²) in [6, 6.07) is 0. The quantitative estimate of drug-likeness (QED) is 0.712. The number of alkyl halides is 3. The number of carbonyl (C=O) groups excluding carboxylic acids is 1. The zero-order valence-electron chi connectivity index (χ0n) is 8.02. The molecular formula is C10H9F3OS. The normalized spacial score (nSPS) is 18.9. The average Bonchev–Trinajstić information content (AvgIpc) is 2.67. The molecule has 1 nitrogen and oxygen atoms in total. The Balaban J connectivity index is 2.37. The number of rotatable bonds is 2. The van der Waals surface area contributed by atoms with Gasteiger partial charge in [0.2, 0.25) is 0 Å². The molecule has 1 aliphatic carbocycles. The molecule has 5 heteroatoms. The van der Waals surface area contributed by atoms with Gasteiger partial charge in [-0.3, -0.25) is 4.79 Å². The fourth-order valence-electron chi connectivity index (χ4n) is 1.43. The van der Waals surface area contributed by atoms with Crippen molar-refractivity contribution in [1.82, 2.24) is 0 Å². The number of hydrogen-bond donors (Lipinski definition) is 0. The molecule has 0 bridgehead atoms. The molecule has 0 unspecified atom stereocenters. The molecule has 1 aromatic rings. The first-order chi connectivity index (χ1) is 6.84. The summed E-state index contributed by atoms with van der Waals surface area (Å²) >= 11 is 0.924. The summed E-state index contributed by atoms with van der Waals surface area (Å²) in [5.41, 5.74) is -1.49. The Morgan fingerprint density at radius 2 is 2.00 bits per heavy atom. The van der Waals surface area contributed by atoms with E-state index in [1.54, 1.807) is 6.92 Å². The lowest BCUT2D eigenvalue weighted by atomic mass is 9.96. The number of ketones is 1. The van der Waals surface area contributed by atoms with Crippen LogP contribution in [0.1, 0.15) is 35.7 Å². The second kappa shape index (κ2) is 3.07. The van der Waals surface area contributed by atoms with E-state index in [1.807, 2.05) is 0 Å². The summed E-state index contributed by atoms with van der Waals surface area (Å²) in [6.07, 6.45) is -3.03. The zero-order chi connectivity index (χ0) is 11.3. The first kappa shape index (κ1) is 10.7. The van der Waals surface area contributed by atoms with Crippen LogP contribution in [-0.2, 0) is 6.18 Å². The maximum Gasteiger partial charge on any atom is 0.417 e. The van der Waals surface area contributed by atoms with Crippen molar-refractivity contribution in [2.45, 2.75) is 25.9 Å². The van der Waals surface area contributed by atoms with Crippen molar-refractivity contribution in [1.29, 1.82) is 0 Å². The highest BCUT2D eigenvalue weighted by Crippen LogP contribution is 2.49. The lowest BCUT2D eigenvalue weighted by Gasteiger charge is -2.10. The second-order valence-electron chi connectivity index (χ2n) is 4.09. The molecule has 15 heavy (non-hydrogen) atoms. The lowest BCUT2D eigenvalue weighted by Crippen LogP contribution is -2.16. The van der Waals surface area contributed by atoms with E-state index in [0.717, 1.165) is 16.7 Å². The fraction of sp³-hybridized carbons (Fsp3) is 0.500. The van der Waals surface area contributed by atoms with Gasteiger partial charge in [0.15, 0.2) is 5.78 Å². The summed E-state index contributed by atoms with van der Waals surface area (Å²) in [5.74, 6) is -0.365. The van der Waals surface area contributed by atoms with Gasteiger partial charge in [0.1, 0.15) is 0 Å². The van der Waals surface area contributed by atoms with Crippen molar-refractivity contribution in [3.8, 4) is 0 Å². The minimum atomic E-state index is -4.42. The average molecular weight is 234 g/mol. The maximum absolute atomic E-state index is 12.5. The van der Waals surface area contributed by atoms with Gasteiger partial charge < -0.3 is 0 Å². The highest BCUT2D eigenvalue weighted by molar-refractivity contribution is 7.08. The van der Waals surface area contributed by atoms with Crippen LogP contribution >= 0.6 is 11.3 Å². The monoisotopic (exact) mass is 234 g/mol. The largest absolute Gasteiger partial charge is 0.417 e. The third kappa shape index (κ3) is 1.80. The van der Waals surface area contributed by atoms with Crippen LogP contribution in [0.4, 0.5) is 13.2 Å². The predicted molar refractivity (Wildman–Crippen MR) is 51.0 cm³/mol. The zero-order valence-corrected chi connectivity index (χ0v) is 8.84. The molecule has 0 amide bonds. The molecule has 0 aliphatic heterocycles. The van der Waals surface area contributed by atoms with Crippen LogP contribution in [0.5, 0.6) is 0 Å². The molecule has 1 heterocycles. The summed E-state index contributed by atoms with van der Waals surface area (Å²) in [7, 11) is 0. The molecule has 0 N–H and O–H groups in total. The first-order valence-electron chi connectivity index (χ1n) is 4.53. The van der Waals surface area contributed by atoms with E-state index in [1.165, 1.54) is 5.38 Å². The van der Waals surface area contributed by atoms with Crippen LogP contribution in [0, 0.1) is 5.41 Å². The predicted octanol–water partition coefficient (Wildman–Crippen LogP) is 3.75. The van der Waals surface area contributed by atoms with Crippen molar-refractivity contribution in [3.63, 3.8) is 0 Å². The highest BCUT2D eigenvalue weighted by atomic mass is 32.1. The number of Topliss-reactive ketones (excluding diaryl/α,β-unsaturated/α-hetero) is 1. The number of halogens is 3. The van der Waals surface area contributed by atoms with Gasteiger partial charge >= 0.3 is 6.18 Å². The molecule has 1 aliphatic rings. The third-order valence-electron chi connectivity index (χ3n) is 2.76.